The van der Waals surface area contributed by atoms with Crippen molar-refractivity contribution in [2.45, 2.75) is 6.92 Å². The molecule has 0 unspecified atom stereocenters. The topological polar surface area (TPSA) is 64.0 Å². The van der Waals surface area contributed by atoms with Crippen LogP contribution in [0.5, 0.6) is 0 Å². The number of ketones is 1. The van der Waals surface area contributed by atoms with Gasteiger partial charge in [0.2, 0.25) is 5.78 Å². The Morgan fingerprint density at radius 3 is 2.67 bits per heavy atom. The van der Waals surface area contributed by atoms with E-state index in [-0.39, 0.29) is 0 Å². The van der Waals surface area contributed by atoms with Gasteiger partial charge >= 0.3 is 0 Å². The molecular formula is C7H9N3O2. The first-order valence-corrected chi connectivity index (χ1v) is 3.41. The lowest BCUT2D eigenvalue weighted by Gasteiger charge is -1.95. The van der Waals surface area contributed by atoms with Crippen LogP contribution in [0.15, 0.2) is 12.3 Å². The molecule has 1 N–H and O–H groups in total. The molecule has 0 aliphatic heterocycles. The van der Waals surface area contributed by atoms with Crippen LogP contribution in [-0.4, -0.2) is 21.5 Å². The van der Waals surface area contributed by atoms with E-state index in [0.717, 1.165) is 0 Å². The van der Waals surface area contributed by atoms with Crippen molar-refractivity contribution in [3.63, 3.8) is 0 Å². The molecule has 0 fully saturated rings. The standard InChI is InChI=1S/C7H9N3O2/c1-5(11)7(12)8-6-3-4-10(2)9-6/h3-4H,1-2H3,(H,8,9,12). The van der Waals surface area contributed by atoms with E-state index < -0.39 is 11.7 Å². The van der Waals surface area contributed by atoms with Crippen molar-refractivity contribution >= 4 is 17.5 Å². The first-order chi connectivity index (χ1) is 5.59. The lowest BCUT2D eigenvalue weighted by Crippen LogP contribution is -2.19. The van der Waals surface area contributed by atoms with Crippen molar-refractivity contribution in [1.82, 2.24) is 9.78 Å². The Morgan fingerprint density at radius 2 is 2.25 bits per heavy atom. The molecular weight excluding hydrogens is 158 g/mol. The molecule has 0 spiro atoms. The highest BCUT2D eigenvalue weighted by molar-refractivity contribution is 6.39. The SMILES string of the molecule is CC(=O)C(=O)Nc1ccn(C)n1. The summed E-state index contributed by atoms with van der Waals surface area (Å²) in [7, 11) is 1.73. The summed E-state index contributed by atoms with van der Waals surface area (Å²) in [5, 5.41) is 6.21. The number of amides is 1. The zero-order valence-electron chi connectivity index (χ0n) is 6.87. The van der Waals surface area contributed by atoms with Crippen LogP contribution >= 0.6 is 0 Å². The molecule has 5 nitrogen and oxygen atoms in total. The fraction of sp³-hybridized carbons (Fsp3) is 0.286. The number of hydrogen-bond donors (Lipinski definition) is 1. The van der Waals surface area contributed by atoms with Crippen LogP contribution in [0.4, 0.5) is 5.82 Å². The van der Waals surface area contributed by atoms with Crippen molar-refractivity contribution in [3.8, 4) is 0 Å². The Kier molecular flexibility index (Phi) is 2.23. The third-order valence-electron chi connectivity index (χ3n) is 1.27. The molecule has 12 heavy (non-hydrogen) atoms. The van der Waals surface area contributed by atoms with Gasteiger partial charge in [0, 0.05) is 26.2 Å². The minimum atomic E-state index is -0.645. The van der Waals surface area contributed by atoms with Gasteiger partial charge < -0.3 is 5.32 Å². The van der Waals surface area contributed by atoms with Crippen LogP contribution in [0.3, 0.4) is 0 Å². The zero-order valence-corrected chi connectivity index (χ0v) is 6.87. The molecule has 0 radical (unpaired) electrons. The lowest BCUT2D eigenvalue weighted by molar-refractivity contribution is -0.133. The van der Waals surface area contributed by atoms with E-state index in [0.29, 0.717) is 5.82 Å². The second-order valence-corrected chi connectivity index (χ2v) is 2.38. The summed E-state index contributed by atoms with van der Waals surface area (Å²) in [6, 6.07) is 1.61. The number of aryl methyl sites for hydroxylation is 1. The second kappa shape index (κ2) is 3.17. The maximum absolute atomic E-state index is 10.8. The number of anilines is 1. The maximum Gasteiger partial charge on any atom is 0.292 e. The summed E-state index contributed by atoms with van der Waals surface area (Å²) in [6.07, 6.45) is 1.68. The van der Waals surface area contributed by atoms with Crippen LogP contribution in [0.25, 0.3) is 0 Å². The molecule has 0 saturated carbocycles. The van der Waals surface area contributed by atoms with Crippen molar-refractivity contribution in [3.05, 3.63) is 12.3 Å². The van der Waals surface area contributed by atoms with Gasteiger partial charge in [0.15, 0.2) is 5.82 Å². The van der Waals surface area contributed by atoms with E-state index in [1.165, 1.54) is 11.6 Å². The van der Waals surface area contributed by atoms with Crippen molar-refractivity contribution in [1.29, 1.82) is 0 Å². The minimum Gasteiger partial charge on any atom is -0.303 e. The van der Waals surface area contributed by atoms with Gasteiger partial charge in [-0.2, -0.15) is 5.10 Å². The van der Waals surface area contributed by atoms with Crippen LogP contribution in [0, 0.1) is 0 Å². The fourth-order valence-corrected chi connectivity index (χ4v) is 0.686. The van der Waals surface area contributed by atoms with Gasteiger partial charge in [-0.3, -0.25) is 14.3 Å². The number of nitrogens with zero attached hydrogens (tertiary/aromatic N) is 2. The third-order valence-corrected chi connectivity index (χ3v) is 1.27. The summed E-state index contributed by atoms with van der Waals surface area (Å²) in [4.78, 5) is 21.3. The number of carbonyl (C=O) groups is 2. The molecule has 0 bridgehead atoms. The number of nitrogens with one attached hydrogen (secondary N) is 1. The molecule has 0 saturated heterocycles. The highest BCUT2D eigenvalue weighted by Crippen LogP contribution is 1.99. The Hall–Kier alpha value is -1.65. The van der Waals surface area contributed by atoms with E-state index in [2.05, 4.69) is 10.4 Å². The Labute approximate surface area is 69.4 Å². The average Bonchev–Trinajstić information content (AvgIpc) is 2.35. The summed E-state index contributed by atoms with van der Waals surface area (Å²) < 4.78 is 1.54. The summed E-state index contributed by atoms with van der Waals surface area (Å²) >= 11 is 0. The quantitative estimate of drug-likeness (QED) is 0.628. The van der Waals surface area contributed by atoms with E-state index in [1.807, 2.05) is 0 Å². The monoisotopic (exact) mass is 167 g/mol. The number of carbonyl (C=O) groups excluding carboxylic acids is 2. The summed E-state index contributed by atoms with van der Waals surface area (Å²) in [5.41, 5.74) is 0. The molecule has 1 amide bonds. The Bertz CT molecular complexity index is 316. The number of hydrogen-bond acceptors (Lipinski definition) is 3. The molecule has 1 heterocycles. The van der Waals surface area contributed by atoms with Gasteiger partial charge in [-0.15, -0.1) is 0 Å². The van der Waals surface area contributed by atoms with Crippen LogP contribution in [0.2, 0.25) is 0 Å². The summed E-state index contributed by atoms with van der Waals surface area (Å²) in [5.74, 6) is -0.785. The van der Waals surface area contributed by atoms with E-state index in [1.54, 1.807) is 19.3 Å². The Morgan fingerprint density at radius 1 is 1.58 bits per heavy atom. The lowest BCUT2D eigenvalue weighted by atomic mass is 10.4. The first kappa shape index (κ1) is 8.45. The van der Waals surface area contributed by atoms with Gasteiger partial charge in [0.1, 0.15) is 0 Å². The predicted octanol–water partition coefficient (Wildman–Crippen LogP) is -0.0524. The van der Waals surface area contributed by atoms with Gasteiger partial charge in [0.05, 0.1) is 0 Å². The van der Waals surface area contributed by atoms with E-state index >= 15 is 0 Å². The smallest absolute Gasteiger partial charge is 0.292 e. The van der Waals surface area contributed by atoms with Gasteiger partial charge in [-0.1, -0.05) is 0 Å². The third kappa shape index (κ3) is 1.91. The zero-order chi connectivity index (χ0) is 9.14. The van der Waals surface area contributed by atoms with Gasteiger partial charge in [-0.05, 0) is 0 Å². The molecule has 1 aromatic heterocycles. The highest BCUT2D eigenvalue weighted by atomic mass is 16.2. The van der Waals surface area contributed by atoms with E-state index in [9.17, 15) is 9.59 Å². The van der Waals surface area contributed by atoms with Gasteiger partial charge in [-0.25, -0.2) is 0 Å². The van der Waals surface area contributed by atoms with Crippen LogP contribution in [-0.2, 0) is 16.6 Å². The molecule has 64 valence electrons. The summed E-state index contributed by atoms with van der Waals surface area (Å²) in [6.45, 7) is 1.21. The molecule has 5 heteroatoms. The molecule has 0 aliphatic rings. The molecule has 0 atom stereocenters. The number of Topliss-reactive ketones (excluding diaryl/α,β-unsaturated/α-hetero) is 1. The van der Waals surface area contributed by atoms with Gasteiger partial charge in [0.25, 0.3) is 5.91 Å². The van der Waals surface area contributed by atoms with Crippen molar-refractivity contribution < 1.29 is 9.59 Å². The van der Waals surface area contributed by atoms with Crippen molar-refractivity contribution in [2.24, 2.45) is 7.05 Å². The fourth-order valence-electron chi connectivity index (χ4n) is 0.686. The van der Waals surface area contributed by atoms with Crippen molar-refractivity contribution in [2.75, 3.05) is 5.32 Å². The Balaban J connectivity index is 2.64. The second-order valence-electron chi connectivity index (χ2n) is 2.38. The predicted molar refractivity (Wildman–Crippen MR) is 42.5 cm³/mol. The average molecular weight is 167 g/mol. The molecule has 1 rings (SSSR count). The van der Waals surface area contributed by atoms with Crippen LogP contribution in [0.1, 0.15) is 6.92 Å². The molecule has 0 aromatic carbocycles. The van der Waals surface area contributed by atoms with Crippen LogP contribution < -0.4 is 5.32 Å². The number of rotatable bonds is 2. The molecule has 1 aromatic rings. The maximum atomic E-state index is 10.8. The van der Waals surface area contributed by atoms with E-state index in [4.69, 9.17) is 0 Å². The highest BCUT2D eigenvalue weighted by Gasteiger charge is 2.08. The molecule has 0 aliphatic carbocycles. The number of aromatic nitrogens is 2. The minimum absolute atomic E-state index is 0.387. The largest absolute Gasteiger partial charge is 0.303 e. The normalized spacial score (nSPS) is 9.50. The first-order valence-electron chi connectivity index (χ1n) is 3.41.